The van der Waals surface area contributed by atoms with Crippen molar-refractivity contribution in [1.82, 2.24) is 15.1 Å². The van der Waals surface area contributed by atoms with E-state index in [1.54, 1.807) is 0 Å². The highest BCUT2D eigenvalue weighted by Gasteiger charge is 2.30. The number of hydrogen-bond donors (Lipinski definition) is 2. The monoisotopic (exact) mass is 368 g/mol. The van der Waals surface area contributed by atoms with Gasteiger partial charge in [-0.1, -0.05) is 0 Å². The summed E-state index contributed by atoms with van der Waals surface area (Å²) in [6.45, 7) is -0.877. The van der Waals surface area contributed by atoms with E-state index in [4.69, 9.17) is 0 Å². The molecular weight excluding hydrogens is 357 g/mol. The Morgan fingerprint density at radius 3 is 2.81 bits per heavy atom. The van der Waals surface area contributed by atoms with E-state index in [1.807, 2.05) is 0 Å². The zero-order valence-corrected chi connectivity index (χ0v) is 12.3. The molecule has 1 aliphatic heterocycles. The first-order valence-electron chi connectivity index (χ1n) is 6.14. The molecule has 0 aliphatic carbocycles. The highest BCUT2D eigenvalue weighted by molar-refractivity contribution is 9.10. The number of carbonyl (C=O) groups is 1. The Labute approximate surface area is 125 Å². The van der Waals surface area contributed by atoms with Gasteiger partial charge in [0, 0.05) is 6.54 Å². The third-order valence-corrected chi connectivity index (χ3v) is 3.70. The molecule has 0 bridgehead atoms. The quantitative estimate of drug-likeness (QED) is 0.841. The maximum Gasteiger partial charge on any atom is 0.408 e. The van der Waals surface area contributed by atoms with Crippen LogP contribution in [0.4, 0.5) is 18.9 Å². The van der Waals surface area contributed by atoms with Crippen molar-refractivity contribution < 1.29 is 18.0 Å². The van der Waals surface area contributed by atoms with Crippen molar-refractivity contribution in [3.8, 4) is 0 Å². The van der Waals surface area contributed by atoms with Crippen molar-refractivity contribution in [2.75, 3.05) is 11.9 Å². The van der Waals surface area contributed by atoms with Crippen LogP contribution in [0.25, 0.3) is 0 Å². The van der Waals surface area contributed by atoms with Crippen molar-refractivity contribution in [1.29, 1.82) is 0 Å². The van der Waals surface area contributed by atoms with Crippen molar-refractivity contribution in [3.63, 3.8) is 0 Å². The highest BCUT2D eigenvalue weighted by Crippen LogP contribution is 2.21. The normalized spacial score (nSPS) is 19.2. The summed E-state index contributed by atoms with van der Waals surface area (Å²) in [4.78, 5) is 23.4. The Morgan fingerprint density at radius 2 is 2.19 bits per heavy atom. The van der Waals surface area contributed by atoms with Crippen LogP contribution >= 0.6 is 15.9 Å². The lowest BCUT2D eigenvalue weighted by molar-refractivity contribution is -0.143. The SMILES string of the molecule is O=C1NCCCC1Nc1cnn(CC(F)(F)F)c(=O)c1Br. The molecular formula is C11H12BrF3N4O2. The first-order valence-corrected chi connectivity index (χ1v) is 6.94. The Hall–Kier alpha value is -1.58. The van der Waals surface area contributed by atoms with Gasteiger partial charge in [0.1, 0.15) is 17.1 Å². The third kappa shape index (κ3) is 3.96. The van der Waals surface area contributed by atoms with Crippen molar-refractivity contribution >= 4 is 27.5 Å². The zero-order chi connectivity index (χ0) is 15.6. The maximum atomic E-state index is 12.3. The van der Waals surface area contributed by atoms with Crippen LogP contribution in [0.15, 0.2) is 15.5 Å². The Bertz CT molecular complexity index is 602. The molecule has 0 radical (unpaired) electrons. The van der Waals surface area contributed by atoms with Gasteiger partial charge in [-0.05, 0) is 28.8 Å². The van der Waals surface area contributed by atoms with Crippen LogP contribution < -0.4 is 16.2 Å². The number of nitrogens with zero attached hydrogens (tertiary/aromatic N) is 2. The average molecular weight is 369 g/mol. The smallest absolute Gasteiger partial charge is 0.371 e. The lowest BCUT2D eigenvalue weighted by Crippen LogP contribution is -2.44. The van der Waals surface area contributed by atoms with Crippen LogP contribution in [0.3, 0.4) is 0 Å². The highest BCUT2D eigenvalue weighted by atomic mass is 79.9. The average Bonchev–Trinajstić information content (AvgIpc) is 2.39. The minimum Gasteiger partial charge on any atom is -0.371 e. The first kappa shape index (κ1) is 15.8. The molecule has 1 aromatic rings. The van der Waals surface area contributed by atoms with Crippen LogP contribution in [-0.2, 0) is 11.3 Å². The number of alkyl halides is 3. The molecule has 0 aromatic carbocycles. The fourth-order valence-corrected chi connectivity index (χ4v) is 2.37. The molecule has 1 unspecified atom stereocenters. The van der Waals surface area contributed by atoms with Crippen LogP contribution in [0.1, 0.15) is 12.8 Å². The standard InChI is InChI=1S/C11H12BrF3N4O2/c12-8-7(18-6-2-1-3-16-9(6)20)4-17-19(10(8)21)5-11(13,14)15/h4,6,18H,1-3,5H2,(H,16,20). The first-order chi connectivity index (χ1) is 9.78. The summed E-state index contributed by atoms with van der Waals surface area (Å²) >= 11 is 2.95. The number of amides is 1. The Morgan fingerprint density at radius 1 is 1.48 bits per heavy atom. The summed E-state index contributed by atoms with van der Waals surface area (Å²) in [6.07, 6.45) is -2.09. The number of hydrogen-bond acceptors (Lipinski definition) is 4. The van der Waals surface area contributed by atoms with Gasteiger partial charge in [0.05, 0.1) is 11.9 Å². The number of aromatic nitrogens is 2. The summed E-state index contributed by atoms with van der Waals surface area (Å²) in [7, 11) is 0. The minimum absolute atomic E-state index is 0.0832. The number of anilines is 1. The Balaban J connectivity index is 2.20. The molecule has 1 fully saturated rings. The van der Waals surface area contributed by atoms with Gasteiger partial charge >= 0.3 is 6.18 Å². The van der Waals surface area contributed by atoms with Gasteiger partial charge in [-0.25, -0.2) is 4.68 Å². The summed E-state index contributed by atoms with van der Waals surface area (Å²) in [5.74, 6) is -0.215. The second-order valence-corrected chi connectivity index (χ2v) is 5.37. The molecule has 2 rings (SSSR count). The van der Waals surface area contributed by atoms with Gasteiger partial charge in [0.15, 0.2) is 0 Å². The van der Waals surface area contributed by atoms with E-state index < -0.39 is 24.3 Å². The van der Waals surface area contributed by atoms with Crippen molar-refractivity contribution in [2.45, 2.75) is 31.6 Å². The number of carbonyl (C=O) groups excluding carboxylic acids is 1. The molecule has 1 amide bonds. The molecule has 0 spiro atoms. The van der Waals surface area contributed by atoms with Crippen LogP contribution in [0, 0.1) is 0 Å². The van der Waals surface area contributed by atoms with E-state index in [9.17, 15) is 22.8 Å². The molecule has 2 N–H and O–H groups in total. The van der Waals surface area contributed by atoms with Gasteiger partial charge in [-0.3, -0.25) is 9.59 Å². The fraction of sp³-hybridized carbons (Fsp3) is 0.545. The lowest BCUT2D eigenvalue weighted by atomic mass is 10.1. The third-order valence-electron chi connectivity index (χ3n) is 2.93. The van der Waals surface area contributed by atoms with Crippen molar-refractivity contribution in [2.24, 2.45) is 0 Å². The minimum atomic E-state index is -4.53. The van der Waals surface area contributed by atoms with E-state index in [0.717, 1.165) is 12.6 Å². The molecule has 10 heteroatoms. The molecule has 1 atom stereocenters. The summed E-state index contributed by atoms with van der Waals surface area (Å²) in [6, 6.07) is -0.533. The van der Waals surface area contributed by atoms with Gasteiger partial charge in [-0.15, -0.1) is 0 Å². The van der Waals surface area contributed by atoms with Crippen molar-refractivity contribution in [3.05, 3.63) is 21.0 Å². The number of halogens is 4. The molecule has 21 heavy (non-hydrogen) atoms. The topological polar surface area (TPSA) is 76.0 Å². The van der Waals surface area contributed by atoms with Crippen LogP contribution in [0.5, 0.6) is 0 Å². The maximum absolute atomic E-state index is 12.3. The van der Waals surface area contributed by atoms with E-state index >= 15 is 0 Å². The molecule has 1 saturated heterocycles. The Kier molecular flexibility index (Phi) is 4.55. The molecule has 1 aliphatic rings. The van der Waals surface area contributed by atoms with E-state index in [-0.39, 0.29) is 16.1 Å². The van der Waals surface area contributed by atoms with Gasteiger partial charge in [0.25, 0.3) is 5.56 Å². The predicted molar refractivity (Wildman–Crippen MR) is 71.9 cm³/mol. The predicted octanol–water partition coefficient (Wildman–Crippen LogP) is 1.26. The lowest BCUT2D eigenvalue weighted by Gasteiger charge is -2.24. The zero-order valence-electron chi connectivity index (χ0n) is 10.7. The van der Waals surface area contributed by atoms with E-state index in [2.05, 4.69) is 31.7 Å². The summed E-state index contributed by atoms with van der Waals surface area (Å²) in [5, 5.41) is 8.95. The van der Waals surface area contributed by atoms with Gasteiger partial charge in [-0.2, -0.15) is 18.3 Å². The molecule has 0 saturated carbocycles. The molecule has 6 nitrogen and oxygen atoms in total. The summed E-state index contributed by atoms with van der Waals surface area (Å²) in [5.41, 5.74) is -0.714. The van der Waals surface area contributed by atoms with Gasteiger partial charge in [0.2, 0.25) is 5.91 Å². The number of rotatable bonds is 3. The molecule has 1 aromatic heterocycles. The molecule has 116 valence electrons. The van der Waals surface area contributed by atoms with Crippen LogP contribution in [0.2, 0.25) is 0 Å². The summed E-state index contributed by atoms with van der Waals surface area (Å²) < 4.78 is 37.1. The van der Waals surface area contributed by atoms with Gasteiger partial charge < -0.3 is 10.6 Å². The van der Waals surface area contributed by atoms with E-state index in [1.165, 1.54) is 0 Å². The second kappa shape index (κ2) is 6.04. The molecule has 2 heterocycles. The second-order valence-electron chi connectivity index (χ2n) is 4.58. The largest absolute Gasteiger partial charge is 0.408 e. The fourth-order valence-electron chi connectivity index (χ4n) is 1.95. The number of nitrogens with one attached hydrogen (secondary N) is 2. The number of piperidine rings is 1. The van der Waals surface area contributed by atoms with Crippen LogP contribution in [-0.4, -0.2) is 34.5 Å². The van der Waals surface area contributed by atoms with E-state index in [0.29, 0.717) is 17.6 Å².